The number of aliphatic imine (C=N–C) groups is 1. The van der Waals surface area contributed by atoms with Crippen molar-refractivity contribution in [1.82, 2.24) is 25.4 Å². The fraction of sp³-hybridized carbons (Fsp3) is 0.526. The molecule has 0 saturated heterocycles. The smallest absolute Gasteiger partial charge is 0.191 e. The first-order chi connectivity index (χ1) is 12.8. The fourth-order valence-electron chi connectivity index (χ4n) is 3.82. The van der Waals surface area contributed by atoms with Crippen molar-refractivity contribution in [2.24, 2.45) is 4.99 Å². The maximum atomic E-state index is 5.13. The van der Waals surface area contributed by atoms with Crippen LogP contribution in [-0.4, -0.2) is 47.5 Å². The van der Waals surface area contributed by atoms with E-state index in [0.29, 0.717) is 18.6 Å². The number of rotatable bonds is 5. The quantitative estimate of drug-likeness (QED) is 0.387. The molecule has 8 heteroatoms. The summed E-state index contributed by atoms with van der Waals surface area (Å²) in [4.78, 5) is 8.92. The number of benzene rings is 1. The average Bonchev–Trinajstić information content (AvgIpc) is 3.03. The number of nitrogens with one attached hydrogen (secondary N) is 2. The van der Waals surface area contributed by atoms with Crippen molar-refractivity contribution in [2.45, 2.75) is 44.4 Å². The van der Waals surface area contributed by atoms with Gasteiger partial charge in [0, 0.05) is 39.1 Å². The van der Waals surface area contributed by atoms with Crippen LogP contribution in [0.2, 0.25) is 0 Å². The zero-order chi connectivity index (χ0) is 17.9. The lowest BCUT2D eigenvalue weighted by atomic mass is 9.78. The van der Waals surface area contributed by atoms with Gasteiger partial charge < -0.3 is 15.4 Å². The number of hydrogen-bond acceptors (Lipinski definition) is 4. The summed E-state index contributed by atoms with van der Waals surface area (Å²) in [7, 11) is 3.49. The molecule has 0 bridgehead atoms. The molecule has 2 heterocycles. The third kappa shape index (κ3) is 4.43. The number of aromatic nitrogens is 3. The Hall–Kier alpha value is -1.68. The SMILES string of the molecule is CN=C(NCC1Cc2ccccc21)NC1CCc2nc(COC)nn2C1.I. The molecule has 2 N–H and O–H groups in total. The Labute approximate surface area is 177 Å². The highest BCUT2D eigenvalue weighted by Crippen LogP contribution is 2.33. The molecule has 4 rings (SSSR count). The van der Waals surface area contributed by atoms with Crippen LogP contribution in [0.4, 0.5) is 0 Å². The Bertz CT molecular complexity index is 805. The lowest BCUT2D eigenvalue weighted by Gasteiger charge is -2.31. The van der Waals surface area contributed by atoms with Gasteiger partial charge in [0.15, 0.2) is 11.8 Å². The van der Waals surface area contributed by atoms with Gasteiger partial charge in [-0.05, 0) is 24.0 Å². The van der Waals surface area contributed by atoms with E-state index in [-0.39, 0.29) is 24.0 Å². The minimum Gasteiger partial charge on any atom is -0.377 e. The second kappa shape index (κ2) is 9.01. The highest BCUT2D eigenvalue weighted by atomic mass is 127. The van der Waals surface area contributed by atoms with E-state index in [1.165, 1.54) is 11.1 Å². The zero-order valence-electron chi connectivity index (χ0n) is 15.8. The Balaban J connectivity index is 0.00000210. The van der Waals surface area contributed by atoms with Crippen LogP contribution in [0.5, 0.6) is 0 Å². The first-order valence-corrected chi connectivity index (χ1v) is 9.23. The van der Waals surface area contributed by atoms with Crippen molar-refractivity contribution >= 4 is 29.9 Å². The van der Waals surface area contributed by atoms with Crippen molar-refractivity contribution in [3.05, 3.63) is 47.0 Å². The zero-order valence-corrected chi connectivity index (χ0v) is 18.1. The van der Waals surface area contributed by atoms with Gasteiger partial charge in [0.1, 0.15) is 12.4 Å². The molecular formula is C19H27IN6O. The van der Waals surface area contributed by atoms with Crippen LogP contribution in [0.1, 0.15) is 35.1 Å². The first kappa shape index (κ1) is 20.1. The first-order valence-electron chi connectivity index (χ1n) is 9.23. The molecule has 0 saturated carbocycles. The molecular weight excluding hydrogens is 455 g/mol. The second-order valence-electron chi connectivity index (χ2n) is 6.99. The minimum atomic E-state index is 0. The normalized spacial score (nSPS) is 20.7. The van der Waals surface area contributed by atoms with Gasteiger partial charge in [0.25, 0.3) is 0 Å². The van der Waals surface area contributed by atoms with Crippen LogP contribution < -0.4 is 10.6 Å². The summed E-state index contributed by atoms with van der Waals surface area (Å²) >= 11 is 0. The van der Waals surface area contributed by atoms with E-state index >= 15 is 0 Å². The fourth-order valence-corrected chi connectivity index (χ4v) is 3.82. The maximum absolute atomic E-state index is 5.13. The van der Waals surface area contributed by atoms with Gasteiger partial charge in [0.05, 0.1) is 6.54 Å². The van der Waals surface area contributed by atoms with Crippen LogP contribution in [-0.2, 0) is 30.7 Å². The summed E-state index contributed by atoms with van der Waals surface area (Å²) < 4.78 is 7.12. The van der Waals surface area contributed by atoms with Crippen LogP contribution in [0.15, 0.2) is 29.3 Å². The number of aryl methyl sites for hydroxylation is 1. The lowest BCUT2D eigenvalue weighted by molar-refractivity contribution is 0.177. The van der Waals surface area contributed by atoms with E-state index in [2.05, 4.69) is 50.0 Å². The molecule has 2 aliphatic rings. The van der Waals surface area contributed by atoms with Crippen molar-refractivity contribution in [3.63, 3.8) is 0 Å². The molecule has 0 spiro atoms. The van der Waals surface area contributed by atoms with E-state index in [1.807, 2.05) is 11.7 Å². The summed E-state index contributed by atoms with van der Waals surface area (Å²) in [5, 5.41) is 11.5. The molecule has 27 heavy (non-hydrogen) atoms. The topological polar surface area (TPSA) is 76.4 Å². The summed E-state index contributed by atoms with van der Waals surface area (Å²) in [6.45, 7) is 2.18. The van der Waals surface area contributed by atoms with Gasteiger partial charge in [-0.1, -0.05) is 24.3 Å². The van der Waals surface area contributed by atoms with Gasteiger partial charge in [-0.2, -0.15) is 5.10 Å². The molecule has 1 aliphatic carbocycles. The second-order valence-corrected chi connectivity index (χ2v) is 6.99. The number of guanidine groups is 1. The monoisotopic (exact) mass is 482 g/mol. The van der Waals surface area contributed by atoms with Crippen molar-refractivity contribution in [1.29, 1.82) is 0 Å². The summed E-state index contributed by atoms with van der Waals surface area (Å²) in [5.74, 6) is 3.24. The molecule has 0 amide bonds. The number of hydrogen-bond donors (Lipinski definition) is 2. The van der Waals surface area contributed by atoms with Crippen molar-refractivity contribution in [3.8, 4) is 0 Å². The number of ether oxygens (including phenoxy) is 1. The van der Waals surface area contributed by atoms with E-state index in [4.69, 9.17) is 4.74 Å². The van der Waals surface area contributed by atoms with Gasteiger partial charge in [-0.25, -0.2) is 9.67 Å². The average molecular weight is 482 g/mol. The Morgan fingerprint density at radius 1 is 1.37 bits per heavy atom. The molecule has 2 unspecified atom stereocenters. The number of halogens is 1. The Kier molecular flexibility index (Phi) is 6.69. The van der Waals surface area contributed by atoms with Crippen molar-refractivity contribution in [2.75, 3.05) is 20.7 Å². The number of fused-ring (bicyclic) bond motifs is 2. The molecule has 146 valence electrons. The van der Waals surface area contributed by atoms with Crippen molar-refractivity contribution < 1.29 is 4.74 Å². The third-order valence-electron chi connectivity index (χ3n) is 5.22. The summed E-state index contributed by atoms with van der Waals surface area (Å²) in [5.41, 5.74) is 2.94. The Morgan fingerprint density at radius 2 is 2.22 bits per heavy atom. The van der Waals surface area contributed by atoms with Gasteiger partial charge in [-0.3, -0.25) is 4.99 Å². The Morgan fingerprint density at radius 3 is 3.00 bits per heavy atom. The van der Waals surface area contributed by atoms with Crippen LogP contribution >= 0.6 is 24.0 Å². The van der Waals surface area contributed by atoms with Gasteiger partial charge >= 0.3 is 0 Å². The predicted octanol–water partition coefficient (Wildman–Crippen LogP) is 1.86. The molecule has 2 aromatic rings. The molecule has 1 aromatic heterocycles. The molecule has 0 radical (unpaired) electrons. The van der Waals surface area contributed by atoms with E-state index in [1.54, 1.807) is 7.11 Å². The number of methoxy groups -OCH3 is 1. The van der Waals surface area contributed by atoms with Gasteiger partial charge in [-0.15, -0.1) is 24.0 Å². The largest absolute Gasteiger partial charge is 0.377 e. The van der Waals surface area contributed by atoms with E-state index in [9.17, 15) is 0 Å². The third-order valence-corrected chi connectivity index (χ3v) is 5.22. The highest BCUT2D eigenvalue weighted by Gasteiger charge is 2.26. The highest BCUT2D eigenvalue weighted by molar-refractivity contribution is 14.0. The lowest BCUT2D eigenvalue weighted by Crippen LogP contribution is -2.48. The molecule has 1 aromatic carbocycles. The van der Waals surface area contributed by atoms with Crippen LogP contribution in [0.3, 0.4) is 0 Å². The van der Waals surface area contributed by atoms with E-state index in [0.717, 1.165) is 50.0 Å². The predicted molar refractivity (Wildman–Crippen MR) is 116 cm³/mol. The maximum Gasteiger partial charge on any atom is 0.191 e. The number of nitrogens with zero attached hydrogens (tertiary/aromatic N) is 4. The van der Waals surface area contributed by atoms with Gasteiger partial charge in [0.2, 0.25) is 0 Å². The minimum absolute atomic E-state index is 0. The van der Waals surface area contributed by atoms with Crippen LogP contribution in [0, 0.1) is 0 Å². The van der Waals surface area contributed by atoms with E-state index < -0.39 is 0 Å². The molecule has 2 atom stereocenters. The molecule has 1 aliphatic heterocycles. The molecule has 7 nitrogen and oxygen atoms in total. The summed E-state index contributed by atoms with van der Waals surface area (Å²) in [6, 6.07) is 8.98. The summed E-state index contributed by atoms with van der Waals surface area (Å²) in [6.07, 6.45) is 3.09. The standard InChI is InChI=1S/C19H26N6O.HI/c1-20-19(21-10-14-9-13-5-3-4-6-16(13)14)22-15-7-8-18-23-17(12-26-2)24-25(18)11-15;/h3-6,14-15H,7-12H2,1-2H3,(H2,20,21,22);1H. The molecule has 0 fully saturated rings. The van der Waals surface area contributed by atoms with Crippen LogP contribution in [0.25, 0.3) is 0 Å².